The fraction of sp³-hybridized carbons (Fsp3) is 0.346. The molecule has 2 N–H and O–H groups in total. The molecule has 1 atom stereocenters. The summed E-state index contributed by atoms with van der Waals surface area (Å²) >= 11 is 1.44. The molecule has 0 fully saturated rings. The van der Waals surface area contributed by atoms with Crippen molar-refractivity contribution in [3.63, 3.8) is 0 Å². The molecule has 180 valence electrons. The molecule has 6 nitrogen and oxygen atoms in total. The third-order valence-electron chi connectivity index (χ3n) is 4.59. The number of nitrogens with zero attached hydrogens (tertiary/aromatic N) is 1. The molecular formula is C26H29FN2O4S. The SMILES string of the molecule is CCCN(C(=O)N[C@@H](CSCC(C)C)C(=O)O)C(=O)c1cccc(C#Cc2ccccc2F)c1. The second-order valence-corrected chi connectivity index (χ2v) is 9.11. The van der Waals surface area contributed by atoms with Crippen LogP contribution < -0.4 is 5.32 Å². The van der Waals surface area contributed by atoms with Crippen molar-refractivity contribution in [3.8, 4) is 11.8 Å². The van der Waals surface area contributed by atoms with Crippen molar-refractivity contribution in [1.29, 1.82) is 0 Å². The molecule has 0 bridgehead atoms. The molecule has 0 aliphatic carbocycles. The lowest BCUT2D eigenvalue weighted by Crippen LogP contribution is -2.51. The van der Waals surface area contributed by atoms with E-state index in [9.17, 15) is 23.9 Å². The fourth-order valence-electron chi connectivity index (χ4n) is 2.93. The zero-order chi connectivity index (χ0) is 25.1. The zero-order valence-electron chi connectivity index (χ0n) is 19.5. The lowest BCUT2D eigenvalue weighted by molar-refractivity contribution is -0.138. The van der Waals surface area contributed by atoms with Gasteiger partial charge in [0.2, 0.25) is 0 Å². The molecule has 0 heterocycles. The van der Waals surface area contributed by atoms with Crippen molar-refractivity contribution in [1.82, 2.24) is 10.2 Å². The van der Waals surface area contributed by atoms with E-state index in [0.717, 1.165) is 10.7 Å². The van der Waals surface area contributed by atoms with Crippen molar-refractivity contribution in [2.24, 2.45) is 5.92 Å². The summed E-state index contributed by atoms with van der Waals surface area (Å²) in [7, 11) is 0. The maximum Gasteiger partial charge on any atom is 0.327 e. The summed E-state index contributed by atoms with van der Waals surface area (Å²) in [4.78, 5) is 38.6. The highest BCUT2D eigenvalue weighted by molar-refractivity contribution is 7.99. The average molecular weight is 485 g/mol. The standard InChI is InChI=1S/C26H29FN2O4S/c1-4-14-29(26(33)28-23(25(31)32)17-34-16-18(2)3)24(30)21-10-7-8-19(15-21)12-13-20-9-5-6-11-22(20)27/h5-11,15,18,23H,4,14,16-17H2,1-3H3,(H,28,33)(H,31,32)/t23-/m0/s1. The zero-order valence-corrected chi connectivity index (χ0v) is 20.3. The van der Waals surface area contributed by atoms with Gasteiger partial charge in [0, 0.05) is 23.4 Å². The Hall–Kier alpha value is -3.31. The van der Waals surface area contributed by atoms with Gasteiger partial charge in [0.1, 0.15) is 11.9 Å². The van der Waals surface area contributed by atoms with Gasteiger partial charge in [-0.2, -0.15) is 11.8 Å². The van der Waals surface area contributed by atoms with Gasteiger partial charge in [-0.15, -0.1) is 0 Å². The molecule has 0 aliphatic rings. The molecular weight excluding hydrogens is 455 g/mol. The van der Waals surface area contributed by atoms with Gasteiger partial charge in [-0.05, 0) is 48.4 Å². The summed E-state index contributed by atoms with van der Waals surface area (Å²) in [6.45, 7) is 5.99. The number of hydrogen-bond donors (Lipinski definition) is 2. The van der Waals surface area contributed by atoms with Crippen LogP contribution >= 0.6 is 11.8 Å². The van der Waals surface area contributed by atoms with E-state index in [2.05, 4.69) is 17.2 Å². The number of aliphatic carboxylic acids is 1. The Morgan fingerprint density at radius 2 is 1.82 bits per heavy atom. The second-order valence-electron chi connectivity index (χ2n) is 8.04. The first-order valence-electron chi connectivity index (χ1n) is 11.0. The van der Waals surface area contributed by atoms with E-state index in [-0.39, 0.29) is 23.4 Å². The largest absolute Gasteiger partial charge is 0.480 e. The van der Waals surface area contributed by atoms with Gasteiger partial charge in [-0.25, -0.2) is 14.0 Å². The summed E-state index contributed by atoms with van der Waals surface area (Å²) in [5.41, 5.74) is 0.950. The van der Waals surface area contributed by atoms with Crippen molar-refractivity contribution in [2.75, 3.05) is 18.1 Å². The van der Waals surface area contributed by atoms with Crippen molar-refractivity contribution in [3.05, 3.63) is 71.0 Å². The molecule has 3 amide bonds. The van der Waals surface area contributed by atoms with Gasteiger partial charge in [0.05, 0.1) is 5.56 Å². The molecule has 2 aromatic rings. The van der Waals surface area contributed by atoms with Crippen LogP contribution in [-0.4, -0.2) is 52.0 Å². The highest BCUT2D eigenvalue weighted by atomic mass is 32.2. The lowest BCUT2D eigenvalue weighted by Gasteiger charge is -2.23. The molecule has 0 aromatic heterocycles. The molecule has 2 rings (SSSR count). The van der Waals surface area contributed by atoms with E-state index in [1.807, 2.05) is 20.8 Å². The van der Waals surface area contributed by atoms with Crippen LogP contribution in [0.15, 0.2) is 48.5 Å². The molecule has 0 spiro atoms. The van der Waals surface area contributed by atoms with Crippen LogP contribution in [0.2, 0.25) is 0 Å². The Bertz CT molecular complexity index is 1080. The van der Waals surface area contributed by atoms with E-state index in [0.29, 0.717) is 17.9 Å². The minimum Gasteiger partial charge on any atom is -0.480 e. The third-order valence-corrected chi connectivity index (χ3v) is 6.07. The number of halogens is 1. The Labute approximate surface area is 203 Å². The predicted octanol–water partition coefficient (Wildman–Crippen LogP) is 4.63. The van der Waals surface area contributed by atoms with E-state index in [4.69, 9.17) is 0 Å². The number of imide groups is 1. The van der Waals surface area contributed by atoms with Crippen molar-refractivity contribution < 1.29 is 23.9 Å². The van der Waals surface area contributed by atoms with Gasteiger partial charge >= 0.3 is 12.0 Å². The number of nitrogens with one attached hydrogen (secondary N) is 1. The number of urea groups is 1. The van der Waals surface area contributed by atoms with Crippen LogP contribution in [-0.2, 0) is 4.79 Å². The summed E-state index contributed by atoms with van der Waals surface area (Å²) < 4.78 is 13.8. The molecule has 0 radical (unpaired) electrons. The van der Waals surface area contributed by atoms with Crippen molar-refractivity contribution in [2.45, 2.75) is 33.2 Å². The predicted molar refractivity (Wildman–Crippen MR) is 132 cm³/mol. The Kier molecular flexibility index (Phi) is 10.6. The van der Waals surface area contributed by atoms with Gasteiger partial charge in [0.25, 0.3) is 5.91 Å². The average Bonchev–Trinajstić information content (AvgIpc) is 2.80. The molecule has 0 saturated carbocycles. The summed E-state index contributed by atoms with van der Waals surface area (Å²) in [6.07, 6.45) is 0.506. The number of rotatable bonds is 9. The maximum atomic E-state index is 13.8. The number of carboxylic acids is 1. The maximum absolute atomic E-state index is 13.8. The summed E-state index contributed by atoms with van der Waals surface area (Å²) in [5, 5.41) is 12.0. The van der Waals surface area contributed by atoms with Crippen LogP contribution in [0.1, 0.15) is 48.7 Å². The first-order valence-corrected chi connectivity index (χ1v) is 12.2. The number of thioether (sulfide) groups is 1. The summed E-state index contributed by atoms with van der Waals surface area (Å²) in [5.74, 6) is 4.78. The third kappa shape index (κ3) is 8.23. The van der Waals surface area contributed by atoms with Gasteiger partial charge < -0.3 is 10.4 Å². The van der Waals surface area contributed by atoms with E-state index in [1.54, 1.807) is 36.4 Å². The molecule has 0 unspecified atom stereocenters. The molecule has 0 saturated heterocycles. The number of hydrogen-bond acceptors (Lipinski definition) is 4. The van der Waals surface area contributed by atoms with Crippen LogP contribution in [0.3, 0.4) is 0 Å². The highest BCUT2D eigenvalue weighted by Crippen LogP contribution is 2.12. The van der Waals surface area contributed by atoms with Crippen LogP contribution in [0.25, 0.3) is 0 Å². The molecule has 2 aromatic carbocycles. The quantitative estimate of drug-likeness (QED) is 0.507. The Morgan fingerprint density at radius 1 is 1.09 bits per heavy atom. The van der Waals surface area contributed by atoms with Gasteiger partial charge in [0.15, 0.2) is 0 Å². The topological polar surface area (TPSA) is 86.7 Å². The monoisotopic (exact) mass is 484 g/mol. The Morgan fingerprint density at radius 3 is 2.47 bits per heavy atom. The second kappa shape index (κ2) is 13.4. The van der Waals surface area contributed by atoms with Gasteiger partial charge in [-0.3, -0.25) is 9.69 Å². The van der Waals surface area contributed by atoms with E-state index >= 15 is 0 Å². The number of carbonyl (C=O) groups excluding carboxylic acids is 2. The van der Waals surface area contributed by atoms with Gasteiger partial charge in [-0.1, -0.05) is 50.8 Å². The highest BCUT2D eigenvalue weighted by Gasteiger charge is 2.27. The van der Waals surface area contributed by atoms with E-state index in [1.165, 1.54) is 23.9 Å². The summed E-state index contributed by atoms with van der Waals surface area (Å²) in [6, 6.07) is 10.7. The van der Waals surface area contributed by atoms with Crippen LogP contribution in [0, 0.1) is 23.6 Å². The Balaban J connectivity index is 2.18. The minimum absolute atomic E-state index is 0.126. The first kappa shape index (κ1) is 26.9. The normalized spacial score (nSPS) is 11.3. The number of benzene rings is 2. The molecule has 8 heteroatoms. The van der Waals surface area contributed by atoms with Crippen LogP contribution in [0.5, 0.6) is 0 Å². The minimum atomic E-state index is -1.15. The van der Waals surface area contributed by atoms with Crippen LogP contribution in [0.4, 0.5) is 9.18 Å². The fourth-order valence-corrected chi connectivity index (χ4v) is 4.00. The number of carbonyl (C=O) groups is 3. The molecule has 0 aliphatic heterocycles. The molecule has 34 heavy (non-hydrogen) atoms. The first-order chi connectivity index (χ1) is 16.2. The number of carboxylic acid groups (broad SMARTS) is 1. The number of amides is 3. The lowest BCUT2D eigenvalue weighted by atomic mass is 10.1. The smallest absolute Gasteiger partial charge is 0.327 e. The van der Waals surface area contributed by atoms with Crippen molar-refractivity contribution >= 4 is 29.7 Å². The van der Waals surface area contributed by atoms with E-state index < -0.39 is 29.8 Å².